The third kappa shape index (κ3) is 4.12. The highest BCUT2D eigenvalue weighted by Crippen LogP contribution is 2.35. The first-order valence-corrected chi connectivity index (χ1v) is 12.4. The van der Waals surface area contributed by atoms with Crippen molar-refractivity contribution in [1.29, 1.82) is 0 Å². The van der Waals surface area contributed by atoms with Crippen LogP contribution in [0.4, 0.5) is 23.6 Å². The number of aromatic amines is 1. The number of fused-ring (bicyclic) bond motifs is 1. The lowest BCUT2D eigenvalue weighted by Crippen LogP contribution is -2.40. The van der Waals surface area contributed by atoms with Crippen molar-refractivity contribution in [2.45, 2.75) is 76.2 Å². The summed E-state index contributed by atoms with van der Waals surface area (Å²) in [6.45, 7) is 0.732. The number of H-pyrrole nitrogens is 1. The fourth-order valence-corrected chi connectivity index (χ4v) is 5.55. The van der Waals surface area contributed by atoms with Gasteiger partial charge in [0, 0.05) is 29.8 Å². The van der Waals surface area contributed by atoms with E-state index in [1.807, 2.05) is 4.90 Å². The Morgan fingerprint density at radius 2 is 2.00 bits per heavy atom. The molecule has 4 heterocycles. The Morgan fingerprint density at radius 3 is 2.85 bits per heavy atom. The summed E-state index contributed by atoms with van der Waals surface area (Å²) in [4.78, 5) is 28.7. The summed E-state index contributed by atoms with van der Waals surface area (Å²) in [5, 5.41) is 14.0. The second-order valence-corrected chi connectivity index (χ2v) is 9.50. The monoisotopic (exact) mass is 462 g/mol. The molecule has 10 heteroatoms. The zero-order valence-corrected chi connectivity index (χ0v) is 19.2. The van der Waals surface area contributed by atoms with E-state index in [9.17, 15) is 4.79 Å². The van der Waals surface area contributed by atoms with E-state index >= 15 is 0 Å². The van der Waals surface area contributed by atoms with Crippen LogP contribution in [0.15, 0.2) is 22.9 Å². The SMILES string of the molecule is O=C(Nc1ncco1)C1CCCN1c1nc2c(c(Nc3cc(C4CCCCC4)[nH]n3)n1)CCC2. The van der Waals surface area contributed by atoms with E-state index in [1.54, 1.807) is 0 Å². The first-order chi connectivity index (χ1) is 16.7. The van der Waals surface area contributed by atoms with Gasteiger partial charge in [-0.25, -0.2) is 9.97 Å². The number of nitrogens with one attached hydrogen (secondary N) is 3. The maximum absolute atomic E-state index is 12.9. The van der Waals surface area contributed by atoms with Gasteiger partial charge in [0.1, 0.15) is 18.1 Å². The minimum atomic E-state index is -0.359. The molecule has 1 aliphatic heterocycles. The van der Waals surface area contributed by atoms with E-state index in [4.69, 9.17) is 14.4 Å². The average molecular weight is 463 g/mol. The van der Waals surface area contributed by atoms with Crippen molar-refractivity contribution < 1.29 is 9.21 Å². The molecule has 3 aromatic heterocycles. The molecule has 3 aromatic rings. The molecule has 34 heavy (non-hydrogen) atoms. The highest BCUT2D eigenvalue weighted by molar-refractivity contribution is 5.95. The molecule has 3 aliphatic rings. The highest BCUT2D eigenvalue weighted by atomic mass is 16.4. The minimum absolute atomic E-state index is 0.150. The topological polar surface area (TPSA) is 125 Å². The Morgan fingerprint density at radius 1 is 1.09 bits per heavy atom. The number of oxazole rings is 1. The average Bonchev–Trinajstić information content (AvgIpc) is 3.67. The normalized spacial score (nSPS) is 20.5. The zero-order chi connectivity index (χ0) is 22.9. The number of aromatic nitrogens is 5. The molecule has 1 unspecified atom stereocenters. The van der Waals surface area contributed by atoms with Gasteiger partial charge in [-0.15, -0.1) is 0 Å². The molecule has 178 valence electrons. The Labute approximate surface area is 198 Å². The van der Waals surface area contributed by atoms with Gasteiger partial charge in [-0.3, -0.25) is 15.2 Å². The van der Waals surface area contributed by atoms with Crippen LogP contribution in [0.5, 0.6) is 0 Å². The van der Waals surface area contributed by atoms with Gasteiger partial charge < -0.3 is 14.6 Å². The molecule has 10 nitrogen and oxygen atoms in total. The van der Waals surface area contributed by atoms with Gasteiger partial charge >= 0.3 is 6.01 Å². The number of hydrogen-bond acceptors (Lipinski definition) is 8. The lowest BCUT2D eigenvalue weighted by atomic mass is 9.87. The number of nitrogens with zero attached hydrogens (tertiary/aromatic N) is 5. The molecule has 0 radical (unpaired) electrons. The summed E-state index contributed by atoms with van der Waals surface area (Å²) in [6, 6.07) is 1.98. The van der Waals surface area contributed by atoms with Crippen LogP contribution in [0, 0.1) is 0 Å². The van der Waals surface area contributed by atoms with Crippen LogP contribution in [0.2, 0.25) is 0 Å². The number of hydrogen-bond donors (Lipinski definition) is 3. The molecule has 1 saturated carbocycles. The van der Waals surface area contributed by atoms with Crippen LogP contribution < -0.4 is 15.5 Å². The standard InChI is InChI=1S/C24H30N8O2/c33-22(29-24-25-11-13-34-24)19-10-5-12-32(19)23-26-17-9-4-8-16(17)21(28-23)27-20-14-18(30-31-20)15-6-2-1-3-7-15/h11,13-15,19H,1-10,12H2,(H,25,29,33)(H2,26,27,28,30,31). The largest absolute Gasteiger partial charge is 0.432 e. The van der Waals surface area contributed by atoms with Crippen LogP contribution in [-0.4, -0.2) is 43.6 Å². The maximum atomic E-state index is 12.9. The lowest BCUT2D eigenvalue weighted by Gasteiger charge is -2.24. The summed E-state index contributed by atoms with van der Waals surface area (Å²) >= 11 is 0. The molecule has 2 fully saturated rings. The third-order valence-corrected chi connectivity index (χ3v) is 7.29. The molecular formula is C24H30N8O2. The first-order valence-electron chi connectivity index (χ1n) is 12.4. The molecule has 2 aliphatic carbocycles. The molecule has 0 spiro atoms. The Balaban J connectivity index is 1.24. The van der Waals surface area contributed by atoms with Crippen molar-refractivity contribution in [3.8, 4) is 0 Å². The van der Waals surface area contributed by atoms with Gasteiger partial charge in [0.2, 0.25) is 5.95 Å². The van der Waals surface area contributed by atoms with Crippen LogP contribution in [0.1, 0.15) is 74.2 Å². The maximum Gasteiger partial charge on any atom is 0.301 e. The van der Waals surface area contributed by atoms with Gasteiger partial charge in [-0.05, 0) is 44.9 Å². The Hall–Kier alpha value is -3.43. The van der Waals surface area contributed by atoms with Crippen molar-refractivity contribution in [3.05, 3.63) is 35.5 Å². The van der Waals surface area contributed by atoms with Gasteiger partial charge in [-0.1, -0.05) is 19.3 Å². The van der Waals surface area contributed by atoms with Gasteiger partial charge in [-0.2, -0.15) is 10.1 Å². The smallest absolute Gasteiger partial charge is 0.301 e. The quantitative estimate of drug-likeness (QED) is 0.501. The van der Waals surface area contributed by atoms with Crippen molar-refractivity contribution in [2.24, 2.45) is 0 Å². The Bertz CT molecular complexity index is 1150. The number of amides is 1. The third-order valence-electron chi connectivity index (χ3n) is 7.29. The van der Waals surface area contributed by atoms with Crippen LogP contribution in [0.3, 0.4) is 0 Å². The predicted octanol–water partition coefficient (Wildman–Crippen LogP) is 4.08. The molecule has 1 amide bonds. The van der Waals surface area contributed by atoms with Crippen molar-refractivity contribution in [3.63, 3.8) is 0 Å². The van der Waals surface area contributed by atoms with E-state index in [2.05, 4.69) is 31.9 Å². The summed E-state index contributed by atoms with van der Waals surface area (Å²) < 4.78 is 5.18. The van der Waals surface area contributed by atoms with E-state index in [0.717, 1.165) is 61.5 Å². The number of carbonyl (C=O) groups is 1. The molecule has 0 aromatic carbocycles. The molecule has 1 saturated heterocycles. The number of rotatable bonds is 6. The van der Waals surface area contributed by atoms with E-state index < -0.39 is 0 Å². The number of carbonyl (C=O) groups excluding carboxylic acids is 1. The fourth-order valence-electron chi connectivity index (χ4n) is 5.55. The molecular weight excluding hydrogens is 432 g/mol. The van der Waals surface area contributed by atoms with Crippen LogP contribution in [-0.2, 0) is 17.6 Å². The number of aryl methyl sites for hydroxylation is 1. The summed E-state index contributed by atoms with van der Waals surface area (Å²) in [5.74, 6) is 2.60. The molecule has 1 atom stereocenters. The summed E-state index contributed by atoms with van der Waals surface area (Å²) in [6.07, 6.45) is 13.9. The minimum Gasteiger partial charge on any atom is -0.432 e. The molecule has 6 rings (SSSR count). The van der Waals surface area contributed by atoms with Crippen molar-refractivity contribution >= 4 is 29.5 Å². The second kappa shape index (κ2) is 9.08. The van der Waals surface area contributed by atoms with Crippen LogP contribution >= 0.6 is 0 Å². The van der Waals surface area contributed by atoms with Gasteiger partial charge in [0.15, 0.2) is 5.82 Å². The summed E-state index contributed by atoms with van der Waals surface area (Å²) in [5.41, 5.74) is 3.43. The van der Waals surface area contributed by atoms with E-state index in [0.29, 0.717) is 11.9 Å². The zero-order valence-electron chi connectivity index (χ0n) is 19.2. The van der Waals surface area contributed by atoms with E-state index in [-0.39, 0.29) is 18.0 Å². The molecule has 0 bridgehead atoms. The highest BCUT2D eigenvalue weighted by Gasteiger charge is 2.34. The first kappa shape index (κ1) is 21.1. The Kier molecular flexibility index (Phi) is 5.64. The van der Waals surface area contributed by atoms with Gasteiger partial charge in [0.05, 0.1) is 11.9 Å². The van der Waals surface area contributed by atoms with Crippen molar-refractivity contribution in [2.75, 3.05) is 22.1 Å². The number of anilines is 4. The summed E-state index contributed by atoms with van der Waals surface area (Å²) in [7, 11) is 0. The fraction of sp³-hybridized carbons (Fsp3) is 0.542. The van der Waals surface area contributed by atoms with Gasteiger partial charge in [0.25, 0.3) is 5.91 Å². The lowest BCUT2D eigenvalue weighted by molar-refractivity contribution is -0.117. The van der Waals surface area contributed by atoms with Crippen LogP contribution in [0.25, 0.3) is 0 Å². The van der Waals surface area contributed by atoms with Crippen molar-refractivity contribution in [1.82, 2.24) is 25.1 Å². The second-order valence-electron chi connectivity index (χ2n) is 9.50. The molecule has 3 N–H and O–H groups in total. The predicted molar refractivity (Wildman–Crippen MR) is 127 cm³/mol. The van der Waals surface area contributed by atoms with E-state index in [1.165, 1.54) is 50.3 Å².